The van der Waals surface area contributed by atoms with E-state index in [2.05, 4.69) is 40.7 Å². The molecule has 15 nitrogen and oxygen atoms in total. The molecule has 15 heteroatoms. The number of carboxylic acid groups (broad SMARTS) is 2. The van der Waals surface area contributed by atoms with Gasteiger partial charge in [-0.05, 0) is 104 Å². The van der Waals surface area contributed by atoms with Crippen molar-refractivity contribution in [2.24, 2.45) is 50.2 Å². The molecule has 0 spiro atoms. The molecule has 2 saturated heterocycles. The van der Waals surface area contributed by atoms with Gasteiger partial charge >= 0.3 is 11.9 Å². The summed E-state index contributed by atoms with van der Waals surface area (Å²) in [5, 5.41) is 95.2. The van der Waals surface area contributed by atoms with Gasteiger partial charge in [-0.2, -0.15) is 0 Å². The number of hydrogen-bond donors (Lipinski definition) is 9. The minimum atomic E-state index is -1.99. The third-order valence-electron chi connectivity index (χ3n) is 17.4. The molecule has 0 radical (unpaired) electrons. The SMILES string of the molecule is CC1(C)CC[C@]2(C(=O)O)CC[C@]3(C)C(=CC[C@@H]4[C@@]5(C)CC[C@H](O[C@@H]6O[C@H](C(=O)O)[C@@H](O)[C@H](O)[C@H]6O[C@@H]6O[C@H](CO)[C@@H](O)[C@H](O)[C@H]6O)[C@@](C)(CO)[C@@H]5CC[C@]43C)[C@@H]2C1. The van der Waals surface area contributed by atoms with Gasteiger partial charge in [-0.1, -0.05) is 53.2 Å². The Bertz CT molecular complexity index is 1590. The third-order valence-corrected chi connectivity index (χ3v) is 17.4. The molecule has 0 aromatic rings. The molecular formula is C42H66O15. The molecule has 0 aromatic heterocycles. The second kappa shape index (κ2) is 14.7. The molecule has 7 aliphatic rings. The maximum Gasteiger partial charge on any atom is 0.335 e. The molecule has 0 aromatic carbocycles. The van der Waals surface area contributed by atoms with E-state index in [4.69, 9.17) is 18.9 Å². The maximum absolute atomic E-state index is 13.1. The Morgan fingerprint density at radius 1 is 0.754 bits per heavy atom. The molecule has 7 rings (SSSR count). The minimum Gasteiger partial charge on any atom is -0.481 e. The second-order valence-electron chi connectivity index (χ2n) is 20.5. The van der Waals surface area contributed by atoms with Crippen LogP contribution in [0.5, 0.6) is 0 Å². The topological polar surface area (TPSA) is 253 Å². The van der Waals surface area contributed by atoms with Crippen LogP contribution in [0, 0.1) is 50.2 Å². The Kier molecular flexibility index (Phi) is 11.2. The van der Waals surface area contributed by atoms with Crippen LogP contribution in [0.15, 0.2) is 11.6 Å². The van der Waals surface area contributed by atoms with Crippen LogP contribution in [0.25, 0.3) is 0 Å². The van der Waals surface area contributed by atoms with Crippen molar-refractivity contribution in [3.63, 3.8) is 0 Å². The van der Waals surface area contributed by atoms with Gasteiger partial charge in [-0.15, -0.1) is 0 Å². The molecule has 324 valence electrons. The zero-order valence-corrected chi connectivity index (χ0v) is 34.1. The molecule has 9 N–H and O–H groups in total. The predicted molar refractivity (Wildman–Crippen MR) is 200 cm³/mol. The van der Waals surface area contributed by atoms with Crippen molar-refractivity contribution in [2.75, 3.05) is 13.2 Å². The average Bonchev–Trinajstić information content (AvgIpc) is 3.15. The van der Waals surface area contributed by atoms with Gasteiger partial charge in [-0.25, -0.2) is 4.79 Å². The number of hydrogen-bond acceptors (Lipinski definition) is 13. The van der Waals surface area contributed by atoms with Gasteiger partial charge in [0.15, 0.2) is 18.7 Å². The van der Waals surface area contributed by atoms with Gasteiger partial charge in [-0.3, -0.25) is 4.79 Å². The Morgan fingerprint density at radius 2 is 1.44 bits per heavy atom. The molecule has 57 heavy (non-hydrogen) atoms. The van der Waals surface area contributed by atoms with Gasteiger partial charge in [0.2, 0.25) is 0 Å². The minimum absolute atomic E-state index is 0.0233. The quantitative estimate of drug-likeness (QED) is 0.126. The lowest BCUT2D eigenvalue weighted by atomic mass is 9.33. The van der Waals surface area contributed by atoms with E-state index in [-0.39, 0.29) is 46.0 Å². The predicted octanol–water partition coefficient (Wildman–Crippen LogP) is 1.95. The fraction of sp³-hybridized carbons (Fsp3) is 0.905. The number of aliphatic hydroxyl groups excluding tert-OH is 7. The van der Waals surface area contributed by atoms with Crippen LogP contribution < -0.4 is 0 Å². The van der Waals surface area contributed by atoms with Crippen LogP contribution in [0.2, 0.25) is 0 Å². The molecule has 4 saturated carbocycles. The smallest absolute Gasteiger partial charge is 0.335 e. The lowest BCUT2D eigenvalue weighted by molar-refractivity contribution is -0.375. The highest BCUT2D eigenvalue weighted by Crippen LogP contribution is 2.76. The van der Waals surface area contributed by atoms with E-state index in [1.165, 1.54) is 5.57 Å². The Morgan fingerprint density at radius 3 is 2.07 bits per heavy atom. The Labute approximate surface area is 334 Å². The van der Waals surface area contributed by atoms with E-state index in [1.807, 2.05) is 6.92 Å². The summed E-state index contributed by atoms with van der Waals surface area (Å²) in [6.45, 7) is 12.5. The van der Waals surface area contributed by atoms with E-state index in [1.54, 1.807) is 0 Å². The first-order valence-corrected chi connectivity index (χ1v) is 21.0. The molecule has 2 heterocycles. The van der Waals surface area contributed by atoms with E-state index in [9.17, 15) is 55.5 Å². The molecule has 0 unspecified atom stereocenters. The summed E-state index contributed by atoms with van der Waals surface area (Å²) in [6, 6.07) is 0. The van der Waals surface area contributed by atoms with Gasteiger partial charge in [0.1, 0.15) is 42.7 Å². The van der Waals surface area contributed by atoms with Gasteiger partial charge in [0.05, 0.1) is 24.7 Å². The van der Waals surface area contributed by atoms with Crippen molar-refractivity contribution in [1.29, 1.82) is 0 Å². The number of carbonyl (C=O) groups is 2. The van der Waals surface area contributed by atoms with E-state index in [0.29, 0.717) is 25.7 Å². The summed E-state index contributed by atoms with van der Waals surface area (Å²) in [7, 11) is 0. The maximum atomic E-state index is 13.1. The zero-order valence-electron chi connectivity index (χ0n) is 34.1. The van der Waals surface area contributed by atoms with Crippen LogP contribution >= 0.6 is 0 Å². The average molecular weight is 811 g/mol. The molecule has 0 amide bonds. The first kappa shape index (κ1) is 43.3. The van der Waals surface area contributed by atoms with Crippen LogP contribution in [0.3, 0.4) is 0 Å². The number of rotatable bonds is 8. The van der Waals surface area contributed by atoms with Crippen molar-refractivity contribution in [1.82, 2.24) is 0 Å². The van der Waals surface area contributed by atoms with Gasteiger partial charge in [0.25, 0.3) is 0 Å². The standard InChI is InChI=1S/C42H66O15/c1-37(2)13-15-42(36(52)53)16-14-40(5)20(21(42)17-37)7-8-24-38(3)11-10-25(39(4,19-44)23(38)9-12-41(24,40)6)55-35-32(29(48)28(47)31(56-35)33(50)51)57-34-30(49)27(46)26(45)22(18-43)54-34/h7,21-32,34-35,43-49H,8-19H2,1-6H3,(H,50,51)(H,52,53)/t21-,22+,23+,24+,25-,26+,27-,28-,29-,30+,31-,32+,34-,35+,38-,39-,40+,41+,42-/m0/s1. The first-order chi connectivity index (χ1) is 26.5. The Balaban J connectivity index is 1.18. The lowest BCUT2D eigenvalue weighted by Gasteiger charge is -2.71. The number of aliphatic carboxylic acids is 2. The fourth-order valence-electron chi connectivity index (χ4n) is 13.6. The molecule has 6 fully saturated rings. The van der Waals surface area contributed by atoms with Crippen LogP contribution in [-0.4, -0.2) is 139 Å². The van der Waals surface area contributed by atoms with E-state index < -0.39 is 96.9 Å². The van der Waals surface area contributed by atoms with E-state index in [0.717, 1.165) is 38.5 Å². The normalized spacial score (nSPS) is 53.3. The third kappa shape index (κ3) is 6.39. The lowest BCUT2D eigenvalue weighted by Crippen LogP contribution is -2.68. The fourth-order valence-corrected chi connectivity index (χ4v) is 13.6. The highest BCUT2D eigenvalue weighted by atomic mass is 16.8. The molecular weight excluding hydrogens is 744 g/mol. The van der Waals surface area contributed by atoms with Crippen LogP contribution in [0.1, 0.15) is 106 Å². The summed E-state index contributed by atoms with van der Waals surface area (Å²) < 4.78 is 23.8. The highest BCUT2D eigenvalue weighted by Gasteiger charge is 2.70. The van der Waals surface area contributed by atoms with Crippen molar-refractivity contribution < 1.29 is 74.5 Å². The molecule has 19 atom stereocenters. The Hall–Kier alpha value is -1.76. The van der Waals surface area contributed by atoms with Gasteiger partial charge in [0, 0.05) is 5.41 Å². The van der Waals surface area contributed by atoms with Crippen molar-refractivity contribution >= 4 is 11.9 Å². The number of carboxylic acids is 2. The van der Waals surface area contributed by atoms with Crippen LogP contribution in [0.4, 0.5) is 0 Å². The molecule has 0 bridgehead atoms. The second-order valence-corrected chi connectivity index (χ2v) is 20.5. The zero-order chi connectivity index (χ0) is 41.8. The molecule has 5 aliphatic carbocycles. The number of aliphatic hydroxyl groups is 7. The first-order valence-electron chi connectivity index (χ1n) is 21.0. The summed E-state index contributed by atoms with van der Waals surface area (Å²) in [6.07, 6.45) is -8.58. The summed E-state index contributed by atoms with van der Waals surface area (Å²) in [5.74, 6) is -2.12. The van der Waals surface area contributed by atoms with Crippen molar-refractivity contribution in [3.8, 4) is 0 Å². The van der Waals surface area contributed by atoms with E-state index >= 15 is 0 Å². The summed E-state index contributed by atoms with van der Waals surface area (Å²) in [4.78, 5) is 25.3. The highest BCUT2D eigenvalue weighted by molar-refractivity contribution is 5.76. The molecule has 2 aliphatic heterocycles. The largest absolute Gasteiger partial charge is 0.481 e. The summed E-state index contributed by atoms with van der Waals surface area (Å²) in [5.41, 5.74) is -0.909. The number of fused-ring (bicyclic) bond motifs is 7. The monoisotopic (exact) mass is 810 g/mol. The van der Waals surface area contributed by atoms with Gasteiger partial charge < -0.3 is 64.9 Å². The summed E-state index contributed by atoms with van der Waals surface area (Å²) >= 11 is 0. The number of allylic oxidation sites excluding steroid dienone is 2. The van der Waals surface area contributed by atoms with Crippen molar-refractivity contribution in [2.45, 2.75) is 173 Å². The number of ether oxygens (including phenoxy) is 4. The van der Waals surface area contributed by atoms with Crippen molar-refractivity contribution in [3.05, 3.63) is 11.6 Å². The van der Waals surface area contributed by atoms with Crippen LogP contribution in [-0.2, 0) is 28.5 Å².